The maximum atomic E-state index is 12.5. The van der Waals surface area contributed by atoms with Crippen LogP contribution in [0.15, 0.2) is 41.2 Å². The number of H-pyrrole nitrogens is 1. The summed E-state index contributed by atoms with van der Waals surface area (Å²) in [6, 6.07) is 10.5. The highest BCUT2D eigenvalue weighted by Gasteiger charge is 2.23. The Morgan fingerprint density at radius 3 is 2.57 bits per heavy atom. The normalized spacial score (nSPS) is 20.2. The molecule has 5 nitrogen and oxygen atoms in total. The van der Waals surface area contributed by atoms with Crippen LogP contribution in [0.3, 0.4) is 0 Å². The Kier molecular flexibility index (Phi) is 5.71. The second-order valence-electron chi connectivity index (χ2n) is 7.67. The number of fused-ring (bicyclic) bond motifs is 1. The molecule has 28 heavy (non-hydrogen) atoms. The fourth-order valence-electron chi connectivity index (χ4n) is 3.88. The quantitative estimate of drug-likeness (QED) is 0.592. The topological polar surface area (TPSA) is 54.6 Å². The molecule has 2 aromatic heterocycles. The molecule has 3 aromatic rings. The van der Waals surface area contributed by atoms with Gasteiger partial charge in [-0.1, -0.05) is 36.4 Å². The van der Waals surface area contributed by atoms with E-state index in [1.54, 1.807) is 16.2 Å². The van der Waals surface area contributed by atoms with E-state index in [-0.39, 0.29) is 5.56 Å². The number of hydrogen-bond donors (Lipinski definition) is 3. The van der Waals surface area contributed by atoms with E-state index >= 15 is 0 Å². The van der Waals surface area contributed by atoms with Crippen LogP contribution in [0.25, 0.3) is 16.3 Å². The average Bonchev–Trinajstić information content (AvgIpc) is 2.98. The van der Waals surface area contributed by atoms with Crippen LogP contribution in [-0.4, -0.2) is 42.7 Å². The van der Waals surface area contributed by atoms with E-state index in [1.165, 1.54) is 15.3 Å². The van der Waals surface area contributed by atoms with Gasteiger partial charge in [0.15, 0.2) is 5.82 Å². The molecular formula is C22H28N4OS+2. The van der Waals surface area contributed by atoms with Gasteiger partial charge < -0.3 is 14.8 Å². The van der Waals surface area contributed by atoms with Crippen molar-refractivity contribution in [1.29, 1.82) is 0 Å². The van der Waals surface area contributed by atoms with Crippen LogP contribution in [-0.2, 0) is 6.54 Å². The van der Waals surface area contributed by atoms with Crippen LogP contribution in [0.2, 0.25) is 0 Å². The molecule has 3 heterocycles. The van der Waals surface area contributed by atoms with E-state index in [1.807, 2.05) is 13.0 Å². The number of piperazine rings is 1. The predicted octanol–water partition coefficient (Wildman–Crippen LogP) is 0.598. The Balaban J connectivity index is 1.33. The smallest absolute Gasteiger partial charge is 0.260 e. The third-order valence-electron chi connectivity index (χ3n) is 5.69. The second kappa shape index (κ2) is 8.39. The summed E-state index contributed by atoms with van der Waals surface area (Å²) in [6.07, 6.45) is 4.49. The summed E-state index contributed by atoms with van der Waals surface area (Å²) in [5.41, 5.74) is 2.33. The molecule has 0 radical (unpaired) electrons. The summed E-state index contributed by atoms with van der Waals surface area (Å²) >= 11 is 1.62. The molecule has 3 N–H and O–H groups in total. The molecule has 1 fully saturated rings. The van der Waals surface area contributed by atoms with Gasteiger partial charge in [-0.25, -0.2) is 4.98 Å². The van der Waals surface area contributed by atoms with Crippen molar-refractivity contribution >= 4 is 27.6 Å². The van der Waals surface area contributed by atoms with Crippen LogP contribution in [0.1, 0.15) is 21.8 Å². The van der Waals surface area contributed by atoms with Gasteiger partial charge in [0.05, 0.1) is 11.9 Å². The first-order valence-electron chi connectivity index (χ1n) is 9.98. The fourth-order valence-corrected chi connectivity index (χ4v) is 4.93. The van der Waals surface area contributed by atoms with Crippen molar-refractivity contribution in [3.63, 3.8) is 0 Å². The van der Waals surface area contributed by atoms with E-state index < -0.39 is 0 Å². The number of aryl methyl sites for hydroxylation is 2. The monoisotopic (exact) mass is 396 g/mol. The first-order valence-corrected chi connectivity index (χ1v) is 10.8. The molecular weight excluding hydrogens is 368 g/mol. The Bertz CT molecular complexity index is 1030. The molecule has 0 aliphatic carbocycles. The lowest BCUT2D eigenvalue weighted by Crippen LogP contribution is -3.27. The van der Waals surface area contributed by atoms with E-state index in [9.17, 15) is 4.79 Å². The lowest BCUT2D eigenvalue weighted by atomic mass is 10.2. The van der Waals surface area contributed by atoms with Gasteiger partial charge in [-0.05, 0) is 31.1 Å². The third kappa shape index (κ3) is 4.24. The predicted molar refractivity (Wildman–Crippen MR) is 115 cm³/mol. The molecule has 0 bridgehead atoms. The summed E-state index contributed by atoms with van der Waals surface area (Å²) in [5, 5.41) is 0.765. The molecule has 6 heteroatoms. The largest absolute Gasteiger partial charge is 0.322 e. The zero-order valence-corrected chi connectivity index (χ0v) is 17.4. The number of thiophene rings is 1. The third-order valence-corrected chi connectivity index (χ3v) is 6.79. The SMILES string of the molecule is Cc1sc2nc(C[NH+]3CC[NH+](C/C=C/c4ccccc4)CC3)[nH]c(=O)c2c1C. The maximum absolute atomic E-state index is 12.5. The van der Waals surface area contributed by atoms with Gasteiger partial charge >= 0.3 is 0 Å². The summed E-state index contributed by atoms with van der Waals surface area (Å²) in [4.78, 5) is 25.4. The van der Waals surface area contributed by atoms with Crippen molar-refractivity contribution in [3.05, 3.63) is 68.6 Å². The number of aromatic amines is 1. The van der Waals surface area contributed by atoms with Gasteiger partial charge in [0.1, 0.15) is 37.6 Å². The van der Waals surface area contributed by atoms with Crippen molar-refractivity contribution in [2.75, 3.05) is 32.7 Å². The van der Waals surface area contributed by atoms with Crippen molar-refractivity contribution in [2.24, 2.45) is 0 Å². The van der Waals surface area contributed by atoms with Crippen LogP contribution in [0, 0.1) is 13.8 Å². The Labute approximate surface area is 169 Å². The highest BCUT2D eigenvalue weighted by molar-refractivity contribution is 7.18. The molecule has 0 atom stereocenters. The maximum Gasteiger partial charge on any atom is 0.260 e. The minimum Gasteiger partial charge on any atom is -0.322 e. The van der Waals surface area contributed by atoms with Crippen molar-refractivity contribution in [2.45, 2.75) is 20.4 Å². The van der Waals surface area contributed by atoms with Crippen LogP contribution < -0.4 is 15.4 Å². The van der Waals surface area contributed by atoms with Crippen molar-refractivity contribution in [3.8, 4) is 0 Å². The first kappa shape index (κ1) is 19.1. The minimum absolute atomic E-state index is 0.0107. The molecule has 0 saturated carbocycles. The Morgan fingerprint density at radius 2 is 1.82 bits per heavy atom. The number of hydrogen-bond acceptors (Lipinski definition) is 3. The van der Waals surface area contributed by atoms with Crippen LogP contribution >= 0.6 is 11.3 Å². The number of aromatic nitrogens is 2. The van der Waals surface area contributed by atoms with Crippen molar-refractivity contribution < 1.29 is 9.80 Å². The lowest BCUT2D eigenvalue weighted by Gasteiger charge is -2.28. The van der Waals surface area contributed by atoms with Gasteiger partial charge in [0.2, 0.25) is 0 Å². The van der Waals surface area contributed by atoms with E-state index in [0.717, 1.165) is 60.9 Å². The minimum atomic E-state index is 0.0107. The molecule has 1 aromatic carbocycles. The average molecular weight is 397 g/mol. The van der Waals surface area contributed by atoms with Crippen LogP contribution in [0.5, 0.6) is 0 Å². The summed E-state index contributed by atoms with van der Waals surface area (Å²) in [7, 11) is 0. The van der Waals surface area contributed by atoms with Crippen molar-refractivity contribution in [1.82, 2.24) is 9.97 Å². The summed E-state index contributed by atoms with van der Waals surface area (Å²) in [6.45, 7) is 10.4. The molecule has 1 aliphatic heterocycles. The Morgan fingerprint density at radius 1 is 1.11 bits per heavy atom. The number of benzene rings is 1. The first-order chi connectivity index (χ1) is 13.6. The van der Waals surface area contributed by atoms with Gasteiger partial charge in [-0.3, -0.25) is 4.79 Å². The molecule has 1 aliphatic rings. The van der Waals surface area contributed by atoms with Gasteiger partial charge in [-0.15, -0.1) is 11.3 Å². The Hall–Kier alpha value is -2.28. The molecule has 0 unspecified atom stereocenters. The standard InChI is InChI=1S/C22H26N4OS/c1-16-17(2)28-22-20(16)21(27)23-19(24-22)15-26-13-11-25(12-14-26)10-6-9-18-7-4-3-5-8-18/h3-9H,10-15H2,1-2H3,(H,23,24,27)/p+2/b9-6+. The molecule has 1 saturated heterocycles. The van der Waals surface area contributed by atoms with Gasteiger partial charge in [-0.2, -0.15) is 0 Å². The highest BCUT2D eigenvalue weighted by Crippen LogP contribution is 2.25. The number of nitrogens with zero attached hydrogens (tertiary/aromatic N) is 1. The second-order valence-corrected chi connectivity index (χ2v) is 8.87. The zero-order chi connectivity index (χ0) is 19.5. The molecule has 146 valence electrons. The van der Waals surface area contributed by atoms with E-state index in [0.29, 0.717) is 0 Å². The zero-order valence-electron chi connectivity index (χ0n) is 16.5. The highest BCUT2D eigenvalue weighted by atomic mass is 32.1. The number of quaternary nitrogens is 2. The molecule has 4 rings (SSSR count). The van der Waals surface area contributed by atoms with E-state index in [2.05, 4.69) is 48.3 Å². The number of rotatable bonds is 5. The van der Waals surface area contributed by atoms with Gasteiger partial charge in [0, 0.05) is 4.88 Å². The van der Waals surface area contributed by atoms with Gasteiger partial charge in [0.25, 0.3) is 5.56 Å². The summed E-state index contributed by atoms with van der Waals surface area (Å²) < 4.78 is 0. The van der Waals surface area contributed by atoms with Crippen LogP contribution in [0.4, 0.5) is 0 Å². The lowest BCUT2D eigenvalue weighted by molar-refractivity contribution is -1.02. The number of nitrogens with one attached hydrogen (secondary N) is 3. The molecule has 0 amide bonds. The van der Waals surface area contributed by atoms with E-state index in [4.69, 9.17) is 4.98 Å². The molecule has 0 spiro atoms. The summed E-state index contributed by atoms with van der Waals surface area (Å²) in [5.74, 6) is 0.821. The fraction of sp³-hybridized carbons (Fsp3) is 0.364.